The molecule has 0 heterocycles. The van der Waals surface area contributed by atoms with Gasteiger partial charge in [-0.3, -0.25) is 0 Å². The first-order valence-electron chi connectivity index (χ1n) is 7.26. The predicted octanol–water partition coefficient (Wildman–Crippen LogP) is 3.78. The van der Waals surface area contributed by atoms with E-state index in [1.54, 1.807) is 0 Å². The summed E-state index contributed by atoms with van der Waals surface area (Å²) in [6.07, 6.45) is 5.53. The van der Waals surface area contributed by atoms with Gasteiger partial charge in [-0.1, -0.05) is 12.5 Å². The molecular formula is C16H22N2S. The van der Waals surface area contributed by atoms with Crippen LogP contribution < -0.4 is 10.6 Å². The van der Waals surface area contributed by atoms with Gasteiger partial charge in [0.1, 0.15) is 0 Å². The summed E-state index contributed by atoms with van der Waals surface area (Å²) in [5, 5.41) is 7.61. The van der Waals surface area contributed by atoms with E-state index in [0.717, 1.165) is 22.6 Å². The molecule has 2 N–H and O–H groups in total. The molecule has 0 amide bonds. The molecule has 2 aliphatic carbocycles. The summed E-state index contributed by atoms with van der Waals surface area (Å²) in [4.78, 5) is 0. The molecular weight excluding hydrogens is 252 g/mol. The van der Waals surface area contributed by atoms with E-state index in [0.29, 0.717) is 6.04 Å². The van der Waals surface area contributed by atoms with Crippen LogP contribution in [0.25, 0.3) is 0 Å². The average Bonchev–Trinajstić information content (AvgIpc) is 2.96. The molecule has 0 unspecified atom stereocenters. The van der Waals surface area contributed by atoms with Crippen molar-refractivity contribution in [1.29, 1.82) is 0 Å². The number of thiocarbonyl (C=S) groups is 1. The van der Waals surface area contributed by atoms with Crippen LogP contribution >= 0.6 is 12.2 Å². The van der Waals surface area contributed by atoms with Crippen LogP contribution in [-0.4, -0.2) is 11.2 Å². The third-order valence-corrected chi connectivity index (χ3v) is 5.04. The second kappa shape index (κ2) is 5.12. The fourth-order valence-corrected chi connectivity index (χ4v) is 3.85. The van der Waals surface area contributed by atoms with E-state index in [2.05, 4.69) is 42.7 Å². The average molecular weight is 274 g/mol. The lowest BCUT2D eigenvalue weighted by Gasteiger charge is -2.24. The normalized spacial score (nSPS) is 28.4. The van der Waals surface area contributed by atoms with Crippen molar-refractivity contribution in [1.82, 2.24) is 5.32 Å². The molecule has 102 valence electrons. The summed E-state index contributed by atoms with van der Waals surface area (Å²) >= 11 is 5.44. The molecule has 0 aliphatic heterocycles. The molecule has 2 fully saturated rings. The van der Waals surface area contributed by atoms with Gasteiger partial charge in [-0.05, 0) is 80.4 Å². The van der Waals surface area contributed by atoms with E-state index >= 15 is 0 Å². The van der Waals surface area contributed by atoms with E-state index in [1.807, 2.05) is 0 Å². The second-order valence-electron chi connectivity index (χ2n) is 6.18. The fourth-order valence-electron chi connectivity index (χ4n) is 3.58. The van der Waals surface area contributed by atoms with Crippen molar-refractivity contribution in [2.24, 2.45) is 11.8 Å². The Labute approximate surface area is 121 Å². The third-order valence-electron chi connectivity index (χ3n) is 4.82. The highest BCUT2D eigenvalue weighted by molar-refractivity contribution is 7.80. The molecule has 2 saturated carbocycles. The molecule has 0 aromatic heterocycles. The lowest BCUT2D eigenvalue weighted by Crippen LogP contribution is -2.40. The van der Waals surface area contributed by atoms with Crippen LogP contribution in [0.2, 0.25) is 0 Å². The quantitative estimate of drug-likeness (QED) is 0.803. The minimum Gasteiger partial charge on any atom is -0.359 e. The molecule has 2 bridgehead atoms. The summed E-state index contributed by atoms with van der Waals surface area (Å²) in [5.74, 6) is 1.80. The van der Waals surface area contributed by atoms with Crippen molar-refractivity contribution in [3.05, 3.63) is 29.3 Å². The Hall–Kier alpha value is -1.09. The Bertz CT molecular complexity index is 498. The molecule has 2 aliphatic rings. The van der Waals surface area contributed by atoms with Crippen molar-refractivity contribution in [3.63, 3.8) is 0 Å². The summed E-state index contributed by atoms with van der Waals surface area (Å²) in [6.45, 7) is 4.26. The minimum atomic E-state index is 0.602. The van der Waals surface area contributed by atoms with Gasteiger partial charge in [-0.2, -0.15) is 0 Å². The summed E-state index contributed by atoms with van der Waals surface area (Å²) < 4.78 is 0. The molecule has 0 radical (unpaired) electrons. The Morgan fingerprint density at radius 1 is 1.16 bits per heavy atom. The van der Waals surface area contributed by atoms with Crippen LogP contribution in [0.1, 0.15) is 36.8 Å². The fraction of sp³-hybridized carbons (Fsp3) is 0.562. The molecule has 0 saturated heterocycles. The highest BCUT2D eigenvalue weighted by atomic mass is 32.1. The van der Waals surface area contributed by atoms with Gasteiger partial charge < -0.3 is 10.6 Å². The first-order valence-corrected chi connectivity index (χ1v) is 7.67. The monoisotopic (exact) mass is 274 g/mol. The van der Waals surface area contributed by atoms with Crippen LogP contribution in [0.3, 0.4) is 0 Å². The Morgan fingerprint density at radius 3 is 2.63 bits per heavy atom. The number of benzene rings is 1. The number of anilines is 1. The number of rotatable bonds is 2. The lowest BCUT2D eigenvalue weighted by molar-refractivity contribution is 0.392. The second-order valence-corrected chi connectivity index (χ2v) is 6.59. The van der Waals surface area contributed by atoms with Crippen LogP contribution in [0, 0.1) is 25.7 Å². The zero-order valence-corrected chi connectivity index (χ0v) is 12.5. The maximum absolute atomic E-state index is 5.44. The van der Waals surface area contributed by atoms with Crippen LogP contribution in [0.15, 0.2) is 18.2 Å². The van der Waals surface area contributed by atoms with E-state index < -0.39 is 0 Å². The van der Waals surface area contributed by atoms with Crippen molar-refractivity contribution >= 4 is 23.0 Å². The van der Waals surface area contributed by atoms with Crippen molar-refractivity contribution in [2.75, 3.05) is 5.32 Å². The Kier molecular flexibility index (Phi) is 3.48. The molecule has 19 heavy (non-hydrogen) atoms. The number of nitrogens with one attached hydrogen (secondary N) is 2. The SMILES string of the molecule is Cc1ccc(NC(=S)N[C@@H]2C[C@@H]3CC[C@@H]2C3)cc1C. The molecule has 3 atom stereocenters. The smallest absolute Gasteiger partial charge is 0.171 e. The van der Waals surface area contributed by atoms with Crippen molar-refractivity contribution in [3.8, 4) is 0 Å². The van der Waals surface area contributed by atoms with Crippen LogP contribution in [0.4, 0.5) is 5.69 Å². The van der Waals surface area contributed by atoms with E-state index in [9.17, 15) is 0 Å². The first-order chi connectivity index (χ1) is 9.11. The van der Waals surface area contributed by atoms with E-state index in [4.69, 9.17) is 12.2 Å². The maximum atomic E-state index is 5.44. The Morgan fingerprint density at radius 2 is 2.00 bits per heavy atom. The van der Waals surface area contributed by atoms with E-state index in [1.165, 1.54) is 36.8 Å². The van der Waals surface area contributed by atoms with E-state index in [-0.39, 0.29) is 0 Å². The summed E-state index contributed by atoms with van der Waals surface area (Å²) in [6, 6.07) is 6.99. The molecule has 0 spiro atoms. The third kappa shape index (κ3) is 2.76. The zero-order valence-electron chi connectivity index (χ0n) is 11.7. The highest BCUT2D eigenvalue weighted by Crippen LogP contribution is 2.44. The summed E-state index contributed by atoms with van der Waals surface area (Å²) in [5.41, 5.74) is 3.70. The number of fused-ring (bicyclic) bond motifs is 2. The van der Waals surface area contributed by atoms with Gasteiger partial charge >= 0.3 is 0 Å². The molecule has 3 heteroatoms. The van der Waals surface area contributed by atoms with Crippen molar-refractivity contribution in [2.45, 2.75) is 45.6 Å². The summed E-state index contributed by atoms with van der Waals surface area (Å²) in [7, 11) is 0. The van der Waals surface area contributed by atoms with Gasteiger partial charge in [0.05, 0.1) is 0 Å². The predicted molar refractivity (Wildman–Crippen MR) is 84.5 cm³/mol. The minimum absolute atomic E-state index is 0.602. The Balaban J connectivity index is 1.57. The molecule has 3 rings (SSSR count). The molecule has 1 aromatic carbocycles. The maximum Gasteiger partial charge on any atom is 0.171 e. The molecule has 2 nitrogen and oxygen atoms in total. The number of hydrogen-bond acceptors (Lipinski definition) is 1. The largest absolute Gasteiger partial charge is 0.359 e. The van der Waals surface area contributed by atoms with Gasteiger partial charge in [0.2, 0.25) is 0 Å². The van der Waals surface area contributed by atoms with Gasteiger partial charge in [-0.25, -0.2) is 0 Å². The topological polar surface area (TPSA) is 24.1 Å². The van der Waals surface area contributed by atoms with Gasteiger partial charge in [0.25, 0.3) is 0 Å². The van der Waals surface area contributed by atoms with Crippen LogP contribution in [-0.2, 0) is 0 Å². The van der Waals surface area contributed by atoms with Gasteiger partial charge in [-0.15, -0.1) is 0 Å². The molecule has 1 aromatic rings. The van der Waals surface area contributed by atoms with Gasteiger partial charge in [0.15, 0.2) is 5.11 Å². The standard InChI is InChI=1S/C16H22N2S/c1-10-3-6-14(7-11(10)2)17-16(19)18-15-9-12-4-5-13(15)8-12/h3,6-7,12-13,15H,4-5,8-9H2,1-2H3,(H2,17,18,19)/t12-,13-,15-/m1/s1. The number of aryl methyl sites for hydroxylation is 2. The number of hydrogen-bond donors (Lipinski definition) is 2. The highest BCUT2D eigenvalue weighted by Gasteiger charge is 2.39. The van der Waals surface area contributed by atoms with Crippen LogP contribution in [0.5, 0.6) is 0 Å². The van der Waals surface area contributed by atoms with Gasteiger partial charge in [0, 0.05) is 11.7 Å². The van der Waals surface area contributed by atoms with Crippen molar-refractivity contribution < 1.29 is 0 Å². The lowest BCUT2D eigenvalue weighted by atomic mass is 9.95. The first kappa shape index (κ1) is 12.9. The zero-order chi connectivity index (χ0) is 13.4.